The van der Waals surface area contributed by atoms with Gasteiger partial charge in [-0.15, -0.1) is 0 Å². The van der Waals surface area contributed by atoms with Crippen LogP contribution in [-0.2, 0) is 29.0 Å². The number of benzene rings is 1. The minimum Gasteiger partial charge on any atom is -0.371 e. The van der Waals surface area contributed by atoms with E-state index in [1.54, 1.807) is 24.3 Å². The van der Waals surface area contributed by atoms with E-state index in [0.29, 0.717) is 0 Å². The first kappa shape index (κ1) is 17.3. The van der Waals surface area contributed by atoms with Crippen molar-refractivity contribution in [1.29, 1.82) is 0 Å². The van der Waals surface area contributed by atoms with Crippen molar-refractivity contribution in [3.05, 3.63) is 29.8 Å². The summed E-state index contributed by atoms with van der Waals surface area (Å²) in [6.45, 7) is 2.07. The average Bonchev–Trinajstić information content (AvgIpc) is 3.08. The van der Waals surface area contributed by atoms with Crippen LogP contribution in [0.4, 0.5) is 0 Å². The van der Waals surface area contributed by atoms with Crippen molar-refractivity contribution in [1.82, 2.24) is 4.72 Å². The molecule has 24 heavy (non-hydrogen) atoms. The van der Waals surface area contributed by atoms with Crippen LogP contribution in [0.1, 0.15) is 5.56 Å². The van der Waals surface area contributed by atoms with Gasteiger partial charge in [0.15, 0.2) is 0 Å². The van der Waals surface area contributed by atoms with Crippen LogP contribution in [0.5, 0.6) is 0 Å². The monoisotopic (exact) mass is 356 g/mol. The summed E-state index contributed by atoms with van der Waals surface area (Å²) in [6, 6.07) is 6.08. The summed E-state index contributed by atoms with van der Waals surface area (Å²) in [5.74, 6) is -0.576. The second-order valence-corrected chi connectivity index (χ2v) is 7.67. The van der Waals surface area contributed by atoms with Crippen LogP contribution in [0, 0.1) is 6.92 Å². The number of sulfonamides is 1. The highest BCUT2D eigenvalue weighted by Crippen LogP contribution is 2.29. The lowest BCUT2D eigenvalue weighted by atomic mass is 10.1. The second kappa shape index (κ2) is 6.77. The van der Waals surface area contributed by atoms with Crippen LogP contribution in [0.25, 0.3) is 0 Å². The van der Waals surface area contributed by atoms with Crippen LogP contribution in [0.2, 0.25) is 0 Å². The van der Waals surface area contributed by atoms with Crippen LogP contribution >= 0.6 is 0 Å². The van der Waals surface area contributed by atoms with E-state index in [1.165, 1.54) is 0 Å². The molecule has 4 atom stereocenters. The normalized spacial score (nSPS) is 29.5. The third kappa shape index (κ3) is 3.60. The van der Waals surface area contributed by atoms with Gasteiger partial charge in [0.25, 0.3) is 0 Å². The van der Waals surface area contributed by atoms with E-state index in [9.17, 15) is 13.2 Å². The van der Waals surface area contributed by atoms with Gasteiger partial charge in [0.1, 0.15) is 24.9 Å². The van der Waals surface area contributed by atoms with Crippen LogP contribution in [0.3, 0.4) is 0 Å². The van der Waals surface area contributed by atoms with Gasteiger partial charge in [-0.1, -0.05) is 17.7 Å². The van der Waals surface area contributed by atoms with E-state index in [4.69, 9.17) is 19.9 Å². The Kier molecular flexibility index (Phi) is 4.88. The maximum atomic E-state index is 12.5. The zero-order chi connectivity index (χ0) is 17.3. The first-order valence-electron chi connectivity index (χ1n) is 7.59. The number of carbonyl (C=O) groups is 1. The number of nitrogens with one attached hydrogen (secondary N) is 1. The summed E-state index contributed by atoms with van der Waals surface area (Å²) in [4.78, 5) is 11.0. The lowest BCUT2D eigenvalue weighted by Crippen LogP contribution is -2.44. The zero-order valence-electron chi connectivity index (χ0n) is 13.2. The molecule has 2 saturated heterocycles. The minimum absolute atomic E-state index is 0.177. The average molecular weight is 356 g/mol. The highest BCUT2D eigenvalue weighted by atomic mass is 32.2. The van der Waals surface area contributed by atoms with E-state index in [2.05, 4.69) is 4.72 Å². The number of nitrogens with two attached hydrogens (primary N) is 1. The first-order valence-corrected chi connectivity index (χ1v) is 9.07. The van der Waals surface area contributed by atoms with Crippen LogP contribution in [0.15, 0.2) is 29.2 Å². The lowest BCUT2D eigenvalue weighted by molar-refractivity contribution is -0.126. The summed E-state index contributed by atoms with van der Waals surface area (Å²) < 4.78 is 44.1. The number of fused-ring (bicyclic) bond motifs is 1. The third-order valence-corrected chi connectivity index (χ3v) is 5.59. The van der Waals surface area contributed by atoms with Crippen molar-refractivity contribution >= 4 is 15.9 Å². The molecule has 0 spiro atoms. The number of carbonyl (C=O) groups excluding carboxylic acids is 1. The largest absolute Gasteiger partial charge is 0.371 e. The van der Waals surface area contributed by atoms with E-state index in [0.717, 1.165) is 5.56 Å². The molecule has 2 aliphatic rings. The number of hydrogen-bond donors (Lipinski definition) is 2. The van der Waals surface area contributed by atoms with Gasteiger partial charge in [-0.3, -0.25) is 4.79 Å². The van der Waals surface area contributed by atoms with Crippen molar-refractivity contribution < 1.29 is 27.4 Å². The maximum absolute atomic E-state index is 12.5. The number of hydrogen-bond acceptors (Lipinski definition) is 6. The zero-order valence-corrected chi connectivity index (χ0v) is 14.0. The third-order valence-electron chi connectivity index (χ3n) is 4.09. The van der Waals surface area contributed by atoms with E-state index < -0.39 is 40.3 Å². The lowest BCUT2D eigenvalue weighted by Gasteiger charge is -2.18. The van der Waals surface area contributed by atoms with Gasteiger partial charge in [0, 0.05) is 0 Å². The van der Waals surface area contributed by atoms with Gasteiger partial charge in [-0.25, -0.2) is 13.1 Å². The minimum atomic E-state index is -3.67. The molecule has 2 aliphatic heterocycles. The Morgan fingerprint density at radius 1 is 1.25 bits per heavy atom. The molecular weight excluding hydrogens is 336 g/mol. The Morgan fingerprint density at radius 2 is 1.92 bits per heavy atom. The SMILES string of the molecule is Cc1ccc(S(=O)(=O)NC2COC3C(OCC(N)=O)COC23)cc1. The predicted octanol–water partition coefficient (Wildman–Crippen LogP) is -0.690. The fourth-order valence-corrected chi connectivity index (χ4v) is 4.11. The molecule has 2 fully saturated rings. The quantitative estimate of drug-likeness (QED) is 0.697. The van der Waals surface area contributed by atoms with Gasteiger partial charge >= 0.3 is 0 Å². The molecular formula is C15H20N2O6S. The molecule has 0 bridgehead atoms. The van der Waals surface area contributed by atoms with E-state index >= 15 is 0 Å². The molecule has 0 radical (unpaired) electrons. The van der Waals surface area contributed by atoms with Crippen molar-refractivity contribution in [2.24, 2.45) is 5.73 Å². The maximum Gasteiger partial charge on any atom is 0.243 e. The molecule has 8 nitrogen and oxygen atoms in total. The Hall–Kier alpha value is -1.52. The molecule has 3 rings (SSSR count). The predicted molar refractivity (Wildman–Crippen MR) is 83.7 cm³/mol. The highest BCUT2D eigenvalue weighted by molar-refractivity contribution is 7.89. The van der Waals surface area contributed by atoms with Crippen molar-refractivity contribution in [3.8, 4) is 0 Å². The molecule has 0 aromatic heterocycles. The Bertz CT molecular complexity index is 705. The molecule has 2 heterocycles. The van der Waals surface area contributed by atoms with E-state index in [1.807, 2.05) is 6.92 Å². The number of amides is 1. The van der Waals surface area contributed by atoms with E-state index in [-0.39, 0.29) is 24.7 Å². The molecule has 4 unspecified atom stereocenters. The van der Waals surface area contributed by atoms with Crippen LogP contribution < -0.4 is 10.5 Å². The highest BCUT2D eigenvalue weighted by Gasteiger charge is 2.49. The fraction of sp³-hybridized carbons (Fsp3) is 0.533. The summed E-state index contributed by atoms with van der Waals surface area (Å²) in [5, 5.41) is 0. The second-order valence-electron chi connectivity index (χ2n) is 5.95. The number of rotatable bonds is 6. The van der Waals surface area contributed by atoms with Gasteiger partial charge in [-0.05, 0) is 19.1 Å². The first-order chi connectivity index (χ1) is 11.4. The van der Waals surface area contributed by atoms with Crippen LogP contribution in [-0.4, -0.2) is 58.5 Å². The summed E-state index contributed by atoms with van der Waals surface area (Å²) >= 11 is 0. The molecule has 1 aromatic rings. The molecule has 0 saturated carbocycles. The smallest absolute Gasteiger partial charge is 0.243 e. The number of primary amides is 1. The fourth-order valence-electron chi connectivity index (χ4n) is 2.88. The topological polar surface area (TPSA) is 117 Å². The van der Waals surface area contributed by atoms with Crippen molar-refractivity contribution in [2.45, 2.75) is 36.2 Å². The molecule has 3 N–H and O–H groups in total. The molecule has 0 aliphatic carbocycles. The van der Waals surface area contributed by atoms with Gasteiger partial charge in [0.05, 0.1) is 24.2 Å². The summed E-state index contributed by atoms with van der Waals surface area (Å²) in [5.41, 5.74) is 6.03. The Morgan fingerprint density at radius 3 is 2.58 bits per heavy atom. The summed E-state index contributed by atoms with van der Waals surface area (Å²) in [6.07, 6.45) is -1.31. The molecule has 1 amide bonds. The van der Waals surface area contributed by atoms with Gasteiger partial charge in [-0.2, -0.15) is 0 Å². The molecule has 9 heteroatoms. The Balaban J connectivity index is 1.65. The van der Waals surface area contributed by atoms with Gasteiger partial charge in [0.2, 0.25) is 15.9 Å². The Labute approximate surface area is 140 Å². The van der Waals surface area contributed by atoms with Crippen molar-refractivity contribution in [3.63, 3.8) is 0 Å². The standard InChI is InChI=1S/C15H20N2O6S/c1-9-2-4-10(5-3-9)24(19,20)17-11-6-22-15-12(7-23-14(11)15)21-8-13(16)18/h2-5,11-12,14-15,17H,6-8H2,1H3,(H2,16,18). The summed E-state index contributed by atoms with van der Waals surface area (Å²) in [7, 11) is -3.67. The molecule has 1 aromatic carbocycles. The van der Waals surface area contributed by atoms with Gasteiger partial charge < -0.3 is 19.9 Å². The van der Waals surface area contributed by atoms with Crippen molar-refractivity contribution in [2.75, 3.05) is 19.8 Å². The molecule has 132 valence electrons. The number of aryl methyl sites for hydroxylation is 1. The number of ether oxygens (including phenoxy) is 3.